The van der Waals surface area contributed by atoms with Gasteiger partial charge in [-0.15, -0.1) is 0 Å². The van der Waals surface area contributed by atoms with E-state index in [1.807, 2.05) is 0 Å². The van der Waals surface area contributed by atoms with Crippen LogP contribution in [0.2, 0.25) is 0 Å². The van der Waals surface area contributed by atoms with Crippen LogP contribution in [0.3, 0.4) is 0 Å². The van der Waals surface area contributed by atoms with Gasteiger partial charge in [0.15, 0.2) is 5.76 Å². The fraction of sp³-hybridized carbons (Fsp3) is 0.250. The molecular formula is C20H22N2O6. The number of amides is 2. The molecule has 0 radical (unpaired) electrons. The zero-order valence-corrected chi connectivity index (χ0v) is 15.8. The molecule has 8 nitrogen and oxygen atoms in total. The summed E-state index contributed by atoms with van der Waals surface area (Å²) < 4.78 is 10.1. The lowest BCUT2D eigenvalue weighted by atomic mass is 10.0. The Bertz CT molecular complexity index is 853. The average Bonchev–Trinajstić information content (AvgIpc) is 3.20. The third-order valence-electron chi connectivity index (χ3n) is 3.88. The zero-order valence-electron chi connectivity index (χ0n) is 15.8. The largest absolute Gasteiger partial charge is 0.497 e. The van der Waals surface area contributed by atoms with Gasteiger partial charge in [0.25, 0.3) is 11.8 Å². The summed E-state index contributed by atoms with van der Waals surface area (Å²) in [5.41, 5.74) is 0.501. The number of carbonyl (C=O) groups is 3. The van der Waals surface area contributed by atoms with Crippen molar-refractivity contribution in [2.24, 2.45) is 5.92 Å². The van der Waals surface area contributed by atoms with Crippen LogP contribution in [0.4, 0.5) is 0 Å². The van der Waals surface area contributed by atoms with E-state index in [4.69, 9.17) is 9.15 Å². The number of benzene rings is 1. The van der Waals surface area contributed by atoms with E-state index in [1.165, 1.54) is 25.5 Å². The number of aliphatic carboxylic acids is 1. The molecule has 0 aliphatic carbocycles. The minimum atomic E-state index is -1.16. The topological polar surface area (TPSA) is 118 Å². The fourth-order valence-electron chi connectivity index (χ4n) is 2.35. The minimum absolute atomic E-state index is 0.0204. The van der Waals surface area contributed by atoms with Crippen LogP contribution in [0, 0.1) is 5.92 Å². The summed E-state index contributed by atoms with van der Waals surface area (Å²) in [6.45, 7) is 3.35. The van der Waals surface area contributed by atoms with Gasteiger partial charge in [0.2, 0.25) is 0 Å². The molecule has 1 atom stereocenters. The van der Waals surface area contributed by atoms with E-state index < -0.39 is 23.8 Å². The van der Waals surface area contributed by atoms with Gasteiger partial charge < -0.3 is 24.9 Å². The fourth-order valence-corrected chi connectivity index (χ4v) is 2.35. The molecule has 1 unspecified atom stereocenters. The van der Waals surface area contributed by atoms with Gasteiger partial charge in [-0.05, 0) is 41.8 Å². The predicted octanol–water partition coefficient (Wildman–Crippen LogP) is 2.28. The number of methoxy groups -OCH3 is 1. The highest BCUT2D eigenvalue weighted by Gasteiger charge is 2.26. The van der Waals surface area contributed by atoms with E-state index >= 15 is 0 Å². The van der Waals surface area contributed by atoms with Gasteiger partial charge in [0.1, 0.15) is 17.5 Å². The van der Waals surface area contributed by atoms with Crippen LogP contribution in [0.5, 0.6) is 5.75 Å². The van der Waals surface area contributed by atoms with Crippen molar-refractivity contribution < 1.29 is 28.6 Å². The van der Waals surface area contributed by atoms with Gasteiger partial charge >= 0.3 is 5.97 Å². The van der Waals surface area contributed by atoms with E-state index in [-0.39, 0.29) is 17.4 Å². The molecule has 0 saturated heterocycles. The highest BCUT2D eigenvalue weighted by molar-refractivity contribution is 6.05. The second kappa shape index (κ2) is 9.40. The van der Waals surface area contributed by atoms with Gasteiger partial charge in [-0.1, -0.05) is 26.0 Å². The van der Waals surface area contributed by atoms with Gasteiger partial charge in [0, 0.05) is 0 Å². The van der Waals surface area contributed by atoms with Gasteiger partial charge in [0.05, 0.1) is 13.4 Å². The monoisotopic (exact) mass is 386 g/mol. The smallest absolute Gasteiger partial charge is 0.326 e. The lowest BCUT2D eigenvalue weighted by Crippen LogP contribution is -2.47. The molecule has 0 aliphatic heterocycles. The van der Waals surface area contributed by atoms with Crippen molar-refractivity contribution in [2.75, 3.05) is 7.11 Å². The number of carboxylic acid groups (broad SMARTS) is 1. The Morgan fingerprint density at radius 3 is 2.32 bits per heavy atom. The molecule has 0 aliphatic rings. The molecule has 0 spiro atoms. The van der Waals surface area contributed by atoms with Crippen LogP contribution in [0.25, 0.3) is 6.08 Å². The lowest BCUT2D eigenvalue weighted by Gasteiger charge is -2.19. The molecule has 148 valence electrons. The predicted molar refractivity (Wildman–Crippen MR) is 102 cm³/mol. The highest BCUT2D eigenvalue weighted by atomic mass is 16.5. The molecule has 8 heteroatoms. The van der Waals surface area contributed by atoms with Crippen molar-refractivity contribution in [1.82, 2.24) is 10.6 Å². The van der Waals surface area contributed by atoms with Crippen molar-refractivity contribution in [1.29, 1.82) is 0 Å². The summed E-state index contributed by atoms with van der Waals surface area (Å²) in [6.07, 6.45) is 2.77. The maximum absolute atomic E-state index is 12.7. The van der Waals surface area contributed by atoms with Crippen LogP contribution >= 0.6 is 0 Å². The molecule has 2 amide bonds. The number of ether oxygens (including phenoxy) is 1. The molecule has 1 aromatic heterocycles. The Hall–Kier alpha value is -3.55. The van der Waals surface area contributed by atoms with Crippen molar-refractivity contribution >= 4 is 23.9 Å². The first-order valence-electron chi connectivity index (χ1n) is 8.56. The number of carbonyl (C=O) groups excluding carboxylic acids is 2. The molecule has 0 fully saturated rings. The number of furan rings is 1. The first-order chi connectivity index (χ1) is 13.3. The van der Waals surface area contributed by atoms with Crippen LogP contribution in [-0.2, 0) is 9.59 Å². The van der Waals surface area contributed by atoms with E-state index in [0.29, 0.717) is 11.3 Å². The maximum atomic E-state index is 12.7. The Morgan fingerprint density at radius 2 is 1.82 bits per heavy atom. The summed E-state index contributed by atoms with van der Waals surface area (Å²) in [5.74, 6) is -2.21. The van der Waals surface area contributed by atoms with Gasteiger partial charge in [-0.3, -0.25) is 9.59 Å². The van der Waals surface area contributed by atoms with Crippen molar-refractivity contribution in [3.05, 3.63) is 59.7 Å². The van der Waals surface area contributed by atoms with Crippen LogP contribution in [0.15, 0.2) is 52.8 Å². The van der Waals surface area contributed by atoms with Gasteiger partial charge in [-0.25, -0.2) is 4.79 Å². The SMILES string of the molecule is COc1ccc(/C=C(\NC(=O)c2ccco2)C(=O)NC(C(=O)O)C(C)C)cc1. The van der Waals surface area contributed by atoms with E-state index in [2.05, 4.69) is 10.6 Å². The molecule has 0 bridgehead atoms. The maximum Gasteiger partial charge on any atom is 0.326 e. The standard InChI is InChI=1S/C20H22N2O6/c1-12(2)17(20(25)26)22-18(23)15(21-19(24)16-5-4-10-28-16)11-13-6-8-14(27-3)9-7-13/h4-12,17H,1-3H3,(H,21,24)(H,22,23)(H,25,26)/b15-11-. The molecular weight excluding hydrogens is 364 g/mol. The summed E-state index contributed by atoms with van der Waals surface area (Å²) in [4.78, 5) is 36.4. The molecule has 2 aromatic rings. The summed E-state index contributed by atoms with van der Waals surface area (Å²) >= 11 is 0. The van der Waals surface area contributed by atoms with Crippen LogP contribution in [0.1, 0.15) is 30.0 Å². The Morgan fingerprint density at radius 1 is 1.14 bits per heavy atom. The summed E-state index contributed by atoms with van der Waals surface area (Å²) in [6, 6.07) is 8.68. The second-order valence-electron chi connectivity index (χ2n) is 6.30. The third kappa shape index (κ3) is 5.47. The Balaban J connectivity index is 2.31. The zero-order chi connectivity index (χ0) is 20.7. The van der Waals surface area contributed by atoms with Crippen molar-refractivity contribution in [3.63, 3.8) is 0 Å². The molecule has 28 heavy (non-hydrogen) atoms. The van der Waals surface area contributed by atoms with Crippen molar-refractivity contribution in [3.8, 4) is 5.75 Å². The number of rotatable bonds is 8. The molecule has 1 aromatic carbocycles. The number of carboxylic acids is 1. The number of hydrogen-bond donors (Lipinski definition) is 3. The van der Waals surface area contributed by atoms with E-state index in [0.717, 1.165) is 0 Å². The quantitative estimate of drug-likeness (QED) is 0.599. The van der Waals surface area contributed by atoms with Crippen molar-refractivity contribution in [2.45, 2.75) is 19.9 Å². The van der Waals surface area contributed by atoms with E-state index in [9.17, 15) is 19.5 Å². The minimum Gasteiger partial charge on any atom is -0.497 e. The number of hydrogen-bond acceptors (Lipinski definition) is 5. The van der Waals surface area contributed by atoms with E-state index in [1.54, 1.807) is 44.2 Å². The summed E-state index contributed by atoms with van der Waals surface area (Å²) in [7, 11) is 1.53. The first-order valence-corrected chi connectivity index (χ1v) is 8.56. The Labute approximate surface area is 162 Å². The van der Waals surface area contributed by atoms with Crippen LogP contribution < -0.4 is 15.4 Å². The first kappa shape index (κ1) is 20.8. The normalized spacial score (nSPS) is 12.4. The number of nitrogens with one attached hydrogen (secondary N) is 2. The van der Waals surface area contributed by atoms with Crippen LogP contribution in [-0.4, -0.2) is 36.0 Å². The molecule has 2 rings (SSSR count). The highest BCUT2D eigenvalue weighted by Crippen LogP contribution is 2.14. The molecule has 0 saturated carbocycles. The second-order valence-corrected chi connectivity index (χ2v) is 6.30. The summed E-state index contributed by atoms with van der Waals surface area (Å²) in [5, 5.41) is 14.2. The third-order valence-corrected chi connectivity index (χ3v) is 3.88. The average molecular weight is 386 g/mol. The Kier molecular flexibility index (Phi) is 6.97. The van der Waals surface area contributed by atoms with Gasteiger partial charge in [-0.2, -0.15) is 0 Å². The lowest BCUT2D eigenvalue weighted by molar-refractivity contribution is -0.142. The molecule has 1 heterocycles. The molecule has 3 N–H and O–H groups in total.